The molecule has 1 aliphatic carbocycles. The van der Waals surface area contributed by atoms with Crippen molar-refractivity contribution in [3.8, 4) is 0 Å². The Morgan fingerprint density at radius 3 is 2.70 bits per heavy atom. The maximum Gasteiger partial charge on any atom is 0.318 e. The van der Waals surface area contributed by atoms with E-state index in [1.807, 2.05) is 31.2 Å². The summed E-state index contributed by atoms with van der Waals surface area (Å²) in [5.74, 6) is -0.0932. The number of hydrogen-bond donors (Lipinski definition) is 2. The number of hydrogen-bond acceptors (Lipinski definition) is 2. The number of urea groups is 1. The van der Waals surface area contributed by atoms with E-state index in [2.05, 4.69) is 10.6 Å². The van der Waals surface area contributed by atoms with E-state index in [4.69, 9.17) is 0 Å². The SMILES string of the molecule is Cc1ccccc1C1C(=O)NCCN1C(=O)NC1CCCCC1. The second kappa shape index (κ2) is 7.02. The second-order valence-electron chi connectivity index (χ2n) is 6.53. The van der Waals surface area contributed by atoms with Crippen molar-refractivity contribution in [1.29, 1.82) is 0 Å². The van der Waals surface area contributed by atoms with Crippen molar-refractivity contribution in [1.82, 2.24) is 15.5 Å². The number of aryl methyl sites for hydroxylation is 1. The number of rotatable bonds is 2. The summed E-state index contributed by atoms with van der Waals surface area (Å²) in [7, 11) is 0. The first-order valence-electron chi connectivity index (χ1n) is 8.57. The van der Waals surface area contributed by atoms with Crippen LogP contribution in [0.2, 0.25) is 0 Å². The quantitative estimate of drug-likeness (QED) is 0.881. The van der Waals surface area contributed by atoms with E-state index in [0.29, 0.717) is 13.1 Å². The molecule has 0 radical (unpaired) electrons. The molecule has 2 aliphatic rings. The van der Waals surface area contributed by atoms with Crippen molar-refractivity contribution in [2.75, 3.05) is 13.1 Å². The van der Waals surface area contributed by atoms with Crippen LogP contribution in [0, 0.1) is 6.92 Å². The highest BCUT2D eigenvalue weighted by molar-refractivity contribution is 5.89. The molecule has 2 N–H and O–H groups in total. The van der Waals surface area contributed by atoms with E-state index < -0.39 is 6.04 Å². The summed E-state index contributed by atoms with van der Waals surface area (Å²) in [4.78, 5) is 26.9. The molecule has 1 saturated heterocycles. The number of carbonyl (C=O) groups is 2. The van der Waals surface area contributed by atoms with Crippen molar-refractivity contribution < 1.29 is 9.59 Å². The molecule has 3 amide bonds. The molecule has 5 heteroatoms. The number of benzene rings is 1. The van der Waals surface area contributed by atoms with Crippen molar-refractivity contribution in [2.24, 2.45) is 0 Å². The fraction of sp³-hybridized carbons (Fsp3) is 0.556. The molecule has 1 unspecified atom stereocenters. The molecule has 1 aromatic carbocycles. The van der Waals surface area contributed by atoms with Gasteiger partial charge in [0.1, 0.15) is 6.04 Å². The molecule has 0 aromatic heterocycles. The summed E-state index contributed by atoms with van der Waals surface area (Å²) in [6, 6.07) is 7.39. The van der Waals surface area contributed by atoms with Gasteiger partial charge >= 0.3 is 6.03 Å². The number of nitrogens with one attached hydrogen (secondary N) is 2. The lowest BCUT2D eigenvalue weighted by molar-refractivity contribution is -0.127. The predicted molar refractivity (Wildman–Crippen MR) is 89.0 cm³/mol. The van der Waals surface area contributed by atoms with Crippen LogP contribution in [-0.2, 0) is 4.79 Å². The maximum atomic E-state index is 12.7. The Hall–Kier alpha value is -2.04. The first kappa shape index (κ1) is 15.8. The molecular formula is C18H25N3O2. The Bertz CT molecular complexity index is 581. The van der Waals surface area contributed by atoms with Gasteiger partial charge in [-0.05, 0) is 30.9 Å². The third-order valence-electron chi connectivity index (χ3n) is 4.89. The van der Waals surface area contributed by atoms with Gasteiger partial charge in [0.2, 0.25) is 5.91 Å². The molecule has 0 spiro atoms. The van der Waals surface area contributed by atoms with Crippen molar-refractivity contribution >= 4 is 11.9 Å². The molecule has 2 fully saturated rings. The van der Waals surface area contributed by atoms with Crippen molar-refractivity contribution in [2.45, 2.75) is 51.1 Å². The fourth-order valence-corrected chi connectivity index (χ4v) is 3.59. The standard InChI is InChI=1S/C18H25N3O2/c1-13-7-5-6-10-15(13)16-17(22)19-11-12-21(16)18(23)20-14-8-3-2-4-9-14/h5-7,10,14,16H,2-4,8-9,11-12H2,1H3,(H,19,22)(H,20,23). The first-order valence-corrected chi connectivity index (χ1v) is 8.57. The maximum absolute atomic E-state index is 12.7. The number of nitrogens with zero attached hydrogens (tertiary/aromatic N) is 1. The van der Waals surface area contributed by atoms with Gasteiger partial charge in [0.05, 0.1) is 0 Å². The van der Waals surface area contributed by atoms with E-state index in [-0.39, 0.29) is 18.0 Å². The highest BCUT2D eigenvalue weighted by atomic mass is 16.2. The zero-order chi connectivity index (χ0) is 16.2. The molecule has 3 rings (SSSR count). The lowest BCUT2D eigenvalue weighted by atomic mass is 9.95. The highest BCUT2D eigenvalue weighted by Crippen LogP contribution is 2.26. The number of carbonyl (C=O) groups excluding carboxylic acids is 2. The van der Waals surface area contributed by atoms with Crippen molar-refractivity contribution in [3.05, 3.63) is 35.4 Å². The van der Waals surface area contributed by atoms with Crippen molar-refractivity contribution in [3.63, 3.8) is 0 Å². The molecule has 1 saturated carbocycles. The monoisotopic (exact) mass is 315 g/mol. The number of amides is 3. The summed E-state index contributed by atoms with van der Waals surface area (Å²) >= 11 is 0. The van der Waals surface area contributed by atoms with E-state index >= 15 is 0 Å². The summed E-state index contributed by atoms with van der Waals surface area (Å²) in [5.41, 5.74) is 1.94. The van der Waals surface area contributed by atoms with E-state index in [9.17, 15) is 9.59 Å². The van der Waals surface area contributed by atoms with Gasteiger partial charge in [-0.15, -0.1) is 0 Å². The summed E-state index contributed by atoms with van der Waals surface area (Å²) < 4.78 is 0. The predicted octanol–water partition coefficient (Wildman–Crippen LogP) is 2.51. The van der Waals surface area contributed by atoms with Gasteiger partial charge in [-0.1, -0.05) is 43.5 Å². The average Bonchev–Trinajstić information content (AvgIpc) is 2.56. The first-order chi connectivity index (χ1) is 11.2. The minimum Gasteiger partial charge on any atom is -0.352 e. The van der Waals surface area contributed by atoms with Gasteiger partial charge in [-0.3, -0.25) is 4.79 Å². The lowest BCUT2D eigenvalue weighted by Gasteiger charge is -2.37. The Kier molecular flexibility index (Phi) is 4.84. The third kappa shape index (κ3) is 3.49. The minimum atomic E-state index is -0.534. The normalized spacial score (nSPS) is 22.6. The topological polar surface area (TPSA) is 61.4 Å². The lowest BCUT2D eigenvalue weighted by Crippen LogP contribution is -2.56. The van der Waals surface area contributed by atoms with Gasteiger partial charge in [-0.2, -0.15) is 0 Å². The highest BCUT2D eigenvalue weighted by Gasteiger charge is 2.35. The molecule has 124 valence electrons. The molecule has 1 atom stereocenters. The summed E-state index contributed by atoms with van der Waals surface area (Å²) in [6.45, 7) is 3.04. The van der Waals surface area contributed by atoms with Crippen LogP contribution >= 0.6 is 0 Å². The molecular weight excluding hydrogens is 290 g/mol. The van der Waals surface area contributed by atoms with E-state index in [0.717, 1.165) is 24.0 Å². The Morgan fingerprint density at radius 1 is 1.22 bits per heavy atom. The van der Waals surface area contributed by atoms with Gasteiger partial charge in [-0.25, -0.2) is 4.79 Å². The number of piperazine rings is 1. The molecule has 1 heterocycles. The average molecular weight is 315 g/mol. The van der Waals surface area contributed by atoms with Gasteiger partial charge < -0.3 is 15.5 Å². The summed E-state index contributed by atoms with van der Waals surface area (Å²) in [6.07, 6.45) is 5.69. The Balaban J connectivity index is 1.79. The van der Waals surface area contributed by atoms with Gasteiger partial charge in [0.15, 0.2) is 0 Å². The van der Waals surface area contributed by atoms with Crippen LogP contribution in [0.15, 0.2) is 24.3 Å². The van der Waals surface area contributed by atoms with E-state index in [1.165, 1.54) is 19.3 Å². The molecule has 0 bridgehead atoms. The Labute approximate surface area is 137 Å². The van der Waals surface area contributed by atoms with Crippen LogP contribution in [0.4, 0.5) is 4.79 Å². The molecule has 1 aliphatic heterocycles. The van der Waals surface area contributed by atoms with Gasteiger partial charge in [0.25, 0.3) is 0 Å². The minimum absolute atomic E-state index is 0.0932. The second-order valence-corrected chi connectivity index (χ2v) is 6.53. The van der Waals surface area contributed by atoms with E-state index in [1.54, 1.807) is 4.90 Å². The zero-order valence-corrected chi connectivity index (χ0v) is 13.7. The van der Waals surface area contributed by atoms with Crippen LogP contribution in [0.1, 0.15) is 49.3 Å². The van der Waals surface area contributed by atoms with Gasteiger partial charge in [0, 0.05) is 19.1 Å². The molecule has 1 aromatic rings. The Morgan fingerprint density at radius 2 is 1.96 bits per heavy atom. The van der Waals surface area contributed by atoms with Crippen LogP contribution < -0.4 is 10.6 Å². The van der Waals surface area contributed by atoms with Crippen LogP contribution in [0.5, 0.6) is 0 Å². The molecule has 5 nitrogen and oxygen atoms in total. The largest absolute Gasteiger partial charge is 0.352 e. The van der Waals surface area contributed by atoms with Crippen LogP contribution in [-0.4, -0.2) is 36.0 Å². The molecule has 23 heavy (non-hydrogen) atoms. The zero-order valence-electron chi connectivity index (χ0n) is 13.7. The summed E-state index contributed by atoms with van der Waals surface area (Å²) in [5, 5.41) is 6.02. The van der Waals surface area contributed by atoms with Crippen LogP contribution in [0.25, 0.3) is 0 Å². The fourth-order valence-electron chi connectivity index (χ4n) is 3.59. The van der Waals surface area contributed by atoms with Crippen LogP contribution in [0.3, 0.4) is 0 Å². The third-order valence-corrected chi connectivity index (χ3v) is 4.89. The smallest absolute Gasteiger partial charge is 0.318 e.